The van der Waals surface area contributed by atoms with Gasteiger partial charge in [0, 0.05) is 29.5 Å². The largest absolute Gasteiger partial charge is 0.417 e. The van der Waals surface area contributed by atoms with E-state index in [1.165, 1.54) is 12.1 Å². The van der Waals surface area contributed by atoms with Crippen LogP contribution in [0, 0.1) is 5.89 Å². The Morgan fingerprint density at radius 2 is 2.03 bits per heavy atom. The van der Waals surface area contributed by atoms with Crippen LogP contribution in [-0.4, -0.2) is 22.1 Å². The molecular formula is C20H19Cl2F3N2O2. The average Bonchev–Trinajstić information content (AvgIpc) is 2.79. The lowest BCUT2D eigenvalue weighted by atomic mass is 9.79. The molecule has 9 heteroatoms. The Labute approximate surface area is 190 Å². The number of alkyl halides is 3. The molecule has 2 aromatic rings. The van der Waals surface area contributed by atoms with Gasteiger partial charge < -0.3 is 10.4 Å². The van der Waals surface area contributed by atoms with E-state index in [0.29, 0.717) is 12.3 Å². The molecule has 3 atom stereocenters. The van der Waals surface area contributed by atoms with Crippen LogP contribution in [0.1, 0.15) is 66.9 Å². The van der Waals surface area contributed by atoms with Crippen molar-refractivity contribution in [2.45, 2.75) is 43.8 Å². The zero-order chi connectivity index (χ0) is 30.2. The Morgan fingerprint density at radius 3 is 2.72 bits per heavy atom. The quantitative estimate of drug-likeness (QED) is 0.644. The number of nitrogens with zero attached hydrogens (tertiary/aromatic N) is 1. The van der Waals surface area contributed by atoms with Crippen LogP contribution in [-0.2, 0) is 6.18 Å². The Bertz CT molecular complexity index is 1280. The van der Waals surface area contributed by atoms with E-state index in [2.05, 4.69) is 4.98 Å². The monoisotopic (exact) mass is 456 g/mol. The van der Waals surface area contributed by atoms with Gasteiger partial charge in [0.2, 0.25) is 0 Å². The fourth-order valence-corrected chi connectivity index (χ4v) is 3.06. The molecule has 29 heavy (non-hydrogen) atoms. The first-order valence-corrected chi connectivity index (χ1v) is 8.67. The number of benzene rings is 1. The van der Waals surface area contributed by atoms with Gasteiger partial charge in [0.05, 0.1) is 24.1 Å². The first-order valence-electron chi connectivity index (χ1n) is 12.9. The normalized spacial score (nSPS) is 38.0. The topological polar surface area (TPSA) is 62.2 Å². The van der Waals surface area contributed by atoms with Gasteiger partial charge in [-0.3, -0.25) is 4.79 Å². The Balaban J connectivity index is 2.33. The van der Waals surface area contributed by atoms with Crippen LogP contribution in [0.4, 0.5) is 13.2 Å². The van der Waals surface area contributed by atoms with Crippen molar-refractivity contribution in [3.8, 4) is 0 Å². The molecule has 2 N–H and O–H groups in total. The number of carbonyl (C=O) groups excluding carboxylic acids is 1. The van der Waals surface area contributed by atoms with Gasteiger partial charge in [0.1, 0.15) is 5.69 Å². The summed E-state index contributed by atoms with van der Waals surface area (Å²) in [5, 5.41) is 11.7. The van der Waals surface area contributed by atoms with E-state index in [0.717, 1.165) is 12.1 Å². The average molecular weight is 457 g/mol. The molecule has 0 bridgehead atoms. The van der Waals surface area contributed by atoms with Crippen LogP contribution in [0.25, 0.3) is 0 Å². The molecule has 1 heterocycles. The number of carbonyl (C=O) groups is 1. The van der Waals surface area contributed by atoms with Gasteiger partial charge in [0.15, 0.2) is 0 Å². The third-order valence-corrected chi connectivity index (χ3v) is 4.47. The summed E-state index contributed by atoms with van der Waals surface area (Å²) >= 11 is 11.7. The molecule has 156 valence electrons. The minimum atomic E-state index is -5.03. The summed E-state index contributed by atoms with van der Waals surface area (Å²) in [6, 6.07) is 2.59. The van der Waals surface area contributed by atoms with Gasteiger partial charge in [-0.05, 0) is 36.5 Å². The summed E-state index contributed by atoms with van der Waals surface area (Å²) < 4.78 is 123. The lowest BCUT2D eigenvalue weighted by molar-refractivity contribution is -0.137. The summed E-state index contributed by atoms with van der Waals surface area (Å²) in [5.74, 6) is -5.42. The summed E-state index contributed by atoms with van der Waals surface area (Å²) in [7, 11) is 0. The maximum absolute atomic E-state index is 13.3. The smallest absolute Gasteiger partial charge is 0.393 e. The van der Waals surface area contributed by atoms with Crippen molar-refractivity contribution >= 4 is 29.1 Å². The number of pyridine rings is 1. The first kappa shape index (κ1) is 12.1. The van der Waals surface area contributed by atoms with Crippen LogP contribution in [0.15, 0.2) is 36.5 Å². The predicted octanol–water partition coefficient (Wildman–Crippen LogP) is 5.43. The second-order valence-corrected chi connectivity index (χ2v) is 6.56. The zero-order valence-electron chi connectivity index (χ0n) is 24.2. The van der Waals surface area contributed by atoms with E-state index >= 15 is 0 Å². The van der Waals surface area contributed by atoms with Crippen molar-refractivity contribution in [1.82, 2.24) is 10.3 Å². The van der Waals surface area contributed by atoms with Crippen molar-refractivity contribution in [2.24, 2.45) is 5.89 Å². The molecule has 1 aromatic carbocycles. The van der Waals surface area contributed by atoms with E-state index in [4.69, 9.17) is 36.9 Å². The molecule has 1 saturated carbocycles. The van der Waals surface area contributed by atoms with Gasteiger partial charge >= 0.3 is 6.18 Å². The highest BCUT2D eigenvalue weighted by Gasteiger charge is 2.37. The Hall–Kier alpha value is -1.83. The number of rotatable bonds is 4. The summed E-state index contributed by atoms with van der Waals surface area (Å²) in [6.07, 6.45) is -24.4. The van der Waals surface area contributed by atoms with Crippen LogP contribution < -0.4 is 5.32 Å². The first-order chi connectivity index (χ1) is 17.4. The maximum atomic E-state index is 13.3. The SMILES string of the molecule is [2H]C1([2H])C([2H])([2H])C([2H])([2H])C([2H])(C(NC(=O)c2nccc(C(F)(F)F)c2Cl)c2cccc(Cl)c2)C([2H])(O)C1([2H])[2H]. The highest BCUT2D eigenvalue weighted by Crippen LogP contribution is 2.38. The van der Waals surface area contributed by atoms with Crippen molar-refractivity contribution < 1.29 is 36.8 Å². The number of aliphatic hydroxyl groups is 1. The van der Waals surface area contributed by atoms with E-state index in [-0.39, 0.29) is 5.02 Å². The molecule has 3 unspecified atom stereocenters. The molecule has 0 saturated heterocycles. The summed E-state index contributed by atoms with van der Waals surface area (Å²) in [6.45, 7) is 0. The van der Waals surface area contributed by atoms with E-state index in [9.17, 15) is 23.1 Å². The maximum Gasteiger partial charge on any atom is 0.417 e. The third-order valence-electron chi connectivity index (χ3n) is 3.85. The van der Waals surface area contributed by atoms with E-state index in [1.807, 2.05) is 5.32 Å². The molecule has 4 nitrogen and oxygen atoms in total. The van der Waals surface area contributed by atoms with Gasteiger partial charge in [-0.2, -0.15) is 13.2 Å². The molecule has 1 aliphatic carbocycles. The minimum Gasteiger partial charge on any atom is -0.393 e. The second kappa shape index (κ2) is 8.90. The number of nitrogens with one attached hydrogen (secondary N) is 1. The molecular weight excluding hydrogens is 428 g/mol. The summed E-state index contributed by atoms with van der Waals surface area (Å²) in [4.78, 5) is 16.7. The van der Waals surface area contributed by atoms with Gasteiger partial charge in [0.25, 0.3) is 5.91 Å². The van der Waals surface area contributed by atoms with Gasteiger partial charge in [-0.25, -0.2) is 4.98 Å². The van der Waals surface area contributed by atoms with E-state index < -0.39 is 77.4 Å². The molecule has 1 amide bonds. The van der Waals surface area contributed by atoms with Crippen LogP contribution in [0.3, 0.4) is 0 Å². The third kappa shape index (κ3) is 5.02. The molecule has 3 rings (SSSR count). The molecule has 1 fully saturated rings. The minimum absolute atomic E-state index is 0.114. The number of hydrogen-bond donors (Lipinski definition) is 2. The molecule has 0 aliphatic heterocycles. The second-order valence-electron chi connectivity index (χ2n) is 5.74. The lowest BCUT2D eigenvalue weighted by Gasteiger charge is -2.35. The Kier molecular flexibility index (Phi) is 3.72. The highest BCUT2D eigenvalue weighted by atomic mass is 35.5. The van der Waals surface area contributed by atoms with Crippen LogP contribution >= 0.6 is 23.2 Å². The van der Waals surface area contributed by atoms with E-state index in [1.54, 1.807) is 0 Å². The van der Waals surface area contributed by atoms with Crippen LogP contribution in [0.5, 0.6) is 0 Å². The molecule has 1 aromatic heterocycles. The van der Waals surface area contributed by atoms with Crippen LogP contribution in [0.2, 0.25) is 10.0 Å². The fourth-order valence-electron chi connectivity index (χ4n) is 2.55. The van der Waals surface area contributed by atoms with Gasteiger partial charge in [-0.1, -0.05) is 48.1 Å². The molecule has 0 spiro atoms. The fraction of sp³-hybridized carbons (Fsp3) is 0.400. The Morgan fingerprint density at radius 1 is 1.31 bits per heavy atom. The number of hydrogen-bond acceptors (Lipinski definition) is 3. The number of amides is 1. The van der Waals surface area contributed by atoms with Crippen molar-refractivity contribution in [3.63, 3.8) is 0 Å². The number of halogens is 5. The van der Waals surface area contributed by atoms with Crippen molar-refractivity contribution in [2.75, 3.05) is 0 Å². The van der Waals surface area contributed by atoms with Crippen molar-refractivity contribution in [1.29, 1.82) is 0 Å². The molecule has 1 aliphatic rings. The summed E-state index contributed by atoms with van der Waals surface area (Å²) in [5.41, 5.74) is -2.96. The molecule has 0 radical (unpaired) electrons. The predicted molar refractivity (Wildman–Crippen MR) is 104 cm³/mol. The highest BCUT2D eigenvalue weighted by molar-refractivity contribution is 6.34. The van der Waals surface area contributed by atoms with Gasteiger partial charge in [-0.15, -0.1) is 0 Å². The number of aromatic nitrogens is 1. The lowest BCUT2D eigenvalue weighted by Crippen LogP contribution is -2.40. The standard InChI is InChI=1S/C20H19Cl2F3N2O2/c21-12-5-3-4-11(10-12)17(13-6-1-2-7-15(13)28)27-19(29)18-16(22)14(8-9-26-18)20(23,24)25/h3-5,8-10,13,15,17,28H,1-2,6-7H2,(H,27,29)/i1D2,2D2,6D2,7D2,13D,15D. The zero-order valence-corrected chi connectivity index (χ0v) is 15.7. The van der Waals surface area contributed by atoms with Crippen molar-refractivity contribution in [3.05, 3.63) is 63.4 Å².